The summed E-state index contributed by atoms with van der Waals surface area (Å²) in [7, 11) is 0. The summed E-state index contributed by atoms with van der Waals surface area (Å²) in [6.45, 7) is 0.569. The SMILES string of the molecule is NCCc1c[nH]c2ccc(S(=O)O)cc12. The molecule has 4 N–H and O–H groups in total. The van der Waals surface area contributed by atoms with Crippen LogP contribution >= 0.6 is 0 Å². The van der Waals surface area contributed by atoms with E-state index < -0.39 is 11.1 Å². The topological polar surface area (TPSA) is 79.1 Å². The number of aromatic nitrogens is 1. The van der Waals surface area contributed by atoms with Gasteiger partial charge in [-0.15, -0.1) is 0 Å². The zero-order valence-corrected chi connectivity index (χ0v) is 8.88. The van der Waals surface area contributed by atoms with Gasteiger partial charge >= 0.3 is 0 Å². The van der Waals surface area contributed by atoms with Crippen LogP contribution in [0.15, 0.2) is 29.3 Å². The van der Waals surface area contributed by atoms with Gasteiger partial charge in [0.25, 0.3) is 0 Å². The smallest absolute Gasteiger partial charge is 0.186 e. The average molecular weight is 224 g/mol. The van der Waals surface area contributed by atoms with Crippen LogP contribution in [0.4, 0.5) is 0 Å². The van der Waals surface area contributed by atoms with Gasteiger partial charge in [-0.3, -0.25) is 0 Å². The Hall–Kier alpha value is -1.17. The van der Waals surface area contributed by atoms with E-state index in [0.29, 0.717) is 11.4 Å². The van der Waals surface area contributed by atoms with Crippen LogP contribution < -0.4 is 5.73 Å². The fourth-order valence-electron chi connectivity index (χ4n) is 1.63. The number of hydrogen-bond donors (Lipinski definition) is 3. The molecule has 4 nitrogen and oxygen atoms in total. The van der Waals surface area contributed by atoms with E-state index >= 15 is 0 Å². The minimum Gasteiger partial charge on any atom is -0.361 e. The second kappa shape index (κ2) is 4.14. The van der Waals surface area contributed by atoms with Gasteiger partial charge < -0.3 is 15.3 Å². The number of hydrogen-bond acceptors (Lipinski definition) is 2. The highest BCUT2D eigenvalue weighted by Crippen LogP contribution is 2.21. The molecule has 1 aromatic carbocycles. The van der Waals surface area contributed by atoms with E-state index in [0.717, 1.165) is 22.9 Å². The summed E-state index contributed by atoms with van der Waals surface area (Å²) >= 11 is -1.93. The molecule has 0 radical (unpaired) electrons. The molecule has 1 unspecified atom stereocenters. The van der Waals surface area contributed by atoms with Crippen molar-refractivity contribution < 1.29 is 8.76 Å². The van der Waals surface area contributed by atoms with Crippen molar-refractivity contribution in [3.05, 3.63) is 30.0 Å². The minimum atomic E-state index is -1.93. The average Bonchev–Trinajstić information content (AvgIpc) is 2.61. The lowest BCUT2D eigenvalue weighted by atomic mass is 10.1. The summed E-state index contributed by atoms with van der Waals surface area (Å²) in [5, 5.41) is 0.973. The maximum Gasteiger partial charge on any atom is 0.186 e. The van der Waals surface area contributed by atoms with E-state index in [2.05, 4.69) is 4.98 Å². The second-order valence-corrected chi connectivity index (χ2v) is 4.28. The van der Waals surface area contributed by atoms with Crippen molar-refractivity contribution in [3.8, 4) is 0 Å². The van der Waals surface area contributed by atoms with Crippen molar-refractivity contribution in [3.63, 3.8) is 0 Å². The lowest BCUT2D eigenvalue weighted by Gasteiger charge is -1.98. The molecule has 0 fully saturated rings. The Morgan fingerprint density at radius 2 is 2.27 bits per heavy atom. The quantitative estimate of drug-likeness (QED) is 0.686. The molecule has 0 bridgehead atoms. The third kappa shape index (κ3) is 1.94. The Morgan fingerprint density at radius 3 is 2.93 bits per heavy atom. The predicted octanol–water partition coefficient (Wildman–Crippen LogP) is 1.25. The van der Waals surface area contributed by atoms with Crippen molar-refractivity contribution >= 4 is 22.0 Å². The molecule has 1 atom stereocenters. The molecule has 80 valence electrons. The number of benzene rings is 1. The summed E-state index contributed by atoms with van der Waals surface area (Å²) in [5.41, 5.74) is 7.53. The first kappa shape index (κ1) is 10.4. The molecule has 0 aliphatic rings. The molecule has 0 aliphatic carbocycles. The van der Waals surface area contributed by atoms with Gasteiger partial charge in [0.05, 0.1) is 4.90 Å². The van der Waals surface area contributed by atoms with Crippen LogP contribution in [0.25, 0.3) is 10.9 Å². The molecule has 1 heterocycles. The molecule has 0 aliphatic heterocycles. The van der Waals surface area contributed by atoms with Gasteiger partial charge in [-0.2, -0.15) is 0 Å². The lowest BCUT2D eigenvalue weighted by Crippen LogP contribution is -2.01. The largest absolute Gasteiger partial charge is 0.361 e. The number of nitrogens with one attached hydrogen (secondary N) is 1. The predicted molar refractivity (Wildman–Crippen MR) is 60.1 cm³/mol. The standard InChI is InChI=1S/C10H12N2O2S/c11-4-3-7-6-12-10-2-1-8(15(13)14)5-9(7)10/h1-2,5-6,12H,3-4,11H2,(H,13,14). The van der Waals surface area contributed by atoms with E-state index in [1.165, 1.54) is 0 Å². The van der Waals surface area contributed by atoms with Crippen LogP contribution in [0.2, 0.25) is 0 Å². The molecule has 0 amide bonds. The van der Waals surface area contributed by atoms with E-state index in [-0.39, 0.29) is 0 Å². The number of H-pyrrole nitrogens is 1. The van der Waals surface area contributed by atoms with Crippen molar-refractivity contribution in [2.75, 3.05) is 6.54 Å². The van der Waals surface area contributed by atoms with Gasteiger partial charge in [-0.1, -0.05) is 0 Å². The Bertz CT molecular complexity index is 507. The van der Waals surface area contributed by atoms with Crippen LogP contribution in [0, 0.1) is 0 Å². The molecule has 5 heteroatoms. The number of fused-ring (bicyclic) bond motifs is 1. The monoisotopic (exact) mass is 224 g/mol. The van der Waals surface area contributed by atoms with Gasteiger partial charge in [-0.05, 0) is 36.7 Å². The number of rotatable bonds is 3. The second-order valence-electron chi connectivity index (χ2n) is 3.31. The maximum atomic E-state index is 10.9. The fourth-order valence-corrected chi connectivity index (χ4v) is 2.03. The van der Waals surface area contributed by atoms with Gasteiger partial charge in [-0.25, -0.2) is 4.21 Å². The molecule has 0 saturated carbocycles. The molecule has 0 saturated heterocycles. The van der Waals surface area contributed by atoms with Crippen LogP contribution in [0.1, 0.15) is 5.56 Å². The maximum absolute atomic E-state index is 10.9. The summed E-state index contributed by atoms with van der Waals surface area (Å²) < 4.78 is 19.9. The summed E-state index contributed by atoms with van der Waals surface area (Å²) in [6, 6.07) is 5.17. The van der Waals surface area contributed by atoms with Crippen LogP contribution in [-0.4, -0.2) is 20.3 Å². The Labute approximate surface area is 89.8 Å². The third-order valence-electron chi connectivity index (χ3n) is 2.35. The van der Waals surface area contributed by atoms with Gasteiger partial charge in [0.1, 0.15) is 0 Å². The molecule has 2 aromatic rings. The van der Waals surface area contributed by atoms with E-state index in [4.69, 9.17) is 10.3 Å². The van der Waals surface area contributed by atoms with Crippen molar-refractivity contribution in [2.45, 2.75) is 11.3 Å². The summed E-state index contributed by atoms with van der Waals surface area (Å²) in [4.78, 5) is 3.52. The molecule has 15 heavy (non-hydrogen) atoms. The van der Waals surface area contributed by atoms with Crippen molar-refractivity contribution in [1.29, 1.82) is 0 Å². The first-order valence-electron chi connectivity index (χ1n) is 4.63. The summed E-state index contributed by atoms with van der Waals surface area (Å²) in [5.74, 6) is 0. The van der Waals surface area contributed by atoms with E-state index in [9.17, 15) is 4.21 Å². The molecular weight excluding hydrogens is 212 g/mol. The Kier molecular flexibility index (Phi) is 2.86. The third-order valence-corrected chi connectivity index (χ3v) is 3.01. The zero-order chi connectivity index (χ0) is 10.8. The molecule has 1 aromatic heterocycles. The van der Waals surface area contributed by atoms with E-state index in [1.807, 2.05) is 6.20 Å². The highest BCUT2D eigenvalue weighted by molar-refractivity contribution is 7.79. The molecule has 0 spiro atoms. The molecular formula is C10H12N2O2S. The first-order valence-corrected chi connectivity index (χ1v) is 5.74. The van der Waals surface area contributed by atoms with Gasteiger partial charge in [0.2, 0.25) is 0 Å². The lowest BCUT2D eigenvalue weighted by molar-refractivity contribution is 0.564. The van der Waals surface area contributed by atoms with Crippen LogP contribution in [0.3, 0.4) is 0 Å². The minimum absolute atomic E-state index is 0.417. The Morgan fingerprint density at radius 1 is 1.47 bits per heavy atom. The number of aromatic amines is 1. The zero-order valence-electron chi connectivity index (χ0n) is 8.06. The highest BCUT2D eigenvalue weighted by atomic mass is 32.2. The molecule has 2 rings (SSSR count). The van der Waals surface area contributed by atoms with Crippen molar-refractivity contribution in [2.24, 2.45) is 5.73 Å². The van der Waals surface area contributed by atoms with Crippen LogP contribution in [0.5, 0.6) is 0 Å². The highest BCUT2D eigenvalue weighted by Gasteiger charge is 2.06. The summed E-state index contributed by atoms with van der Waals surface area (Å²) in [6.07, 6.45) is 2.66. The fraction of sp³-hybridized carbons (Fsp3) is 0.200. The van der Waals surface area contributed by atoms with E-state index in [1.54, 1.807) is 18.2 Å². The first-order chi connectivity index (χ1) is 7.22. The van der Waals surface area contributed by atoms with Gasteiger partial charge in [0.15, 0.2) is 11.1 Å². The van der Waals surface area contributed by atoms with Crippen LogP contribution in [-0.2, 0) is 17.5 Å². The van der Waals surface area contributed by atoms with Crippen molar-refractivity contribution in [1.82, 2.24) is 4.98 Å². The number of nitrogens with two attached hydrogens (primary N) is 1. The normalized spacial score (nSPS) is 13.2. The Balaban J connectivity index is 2.56. The van der Waals surface area contributed by atoms with Gasteiger partial charge in [0, 0.05) is 17.1 Å².